The van der Waals surface area contributed by atoms with Crippen LogP contribution >= 0.6 is 0 Å². The average molecular weight is 310 g/mol. The topological polar surface area (TPSA) is 53.2 Å². The maximum Gasteiger partial charge on any atom is 0.233 e. The molecule has 4 heteroatoms. The fourth-order valence-corrected chi connectivity index (χ4v) is 4.33. The molecule has 0 bridgehead atoms. The number of para-hydroxylation sites is 1. The molecular weight excluding hydrogens is 288 g/mol. The second-order valence-electron chi connectivity index (χ2n) is 6.85. The summed E-state index contributed by atoms with van der Waals surface area (Å²) < 4.78 is 0. The van der Waals surface area contributed by atoms with Crippen LogP contribution in [-0.4, -0.2) is 28.2 Å². The number of aromatic amines is 1. The van der Waals surface area contributed by atoms with Crippen LogP contribution < -0.4 is 0 Å². The average Bonchev–Trinajstić information content (AvgIpc) is 3.01. The minimum atomic E-state index is -0.0414. The Bertz CT molecular complexity index is 753. The number of hydrogen-bond donors (Lipinski definition) is 1. The lowest BCUT2D eigenvalue weighted by atomic mass is 9.81. The van der Waals surface area contributed by atoms with E-state index >= 15 is 0 Å². The quantitative estimate of drug-likeness (QED) is 0.885. The van der Waals surface area contributed by atoms with Crippen LogP contribution in [0, 0.1) is 18.8 Å². The highest BCUT2D eigenvalue weighted by Crippen LogP contribution is 2.38. The van der Waals surface area contributed by atoms with Crippen molar-refractivity contribution in [1.29, 1.82) is 0 Å². The molecule has 2 aromatic rings. The molecule has 1 saturated carbocycles. The van der Waals surface area contributed by atoms with Crippen molar-refractivity contribution in [2.45, 2.75) is 39.0 Å². The van der Waals surface area contributed by atoms with Crippen molar-refractivity contribution < 1.29 is 9.59 Å². The Morgan fingerprint density at radius 2 is 1.74 bits per heavy atom. The van der Waals surface area contributed by atoms with E-state index in [1.54, 1.807) is 0 Å². The smallest absolute Gasteiger partial charge is 0.233 e. The van der Waals surface area contributed by atoms with Crippen LogP contribution in [0.5, 0.6) is 0 Å². The molecule has 0 unspecified atom stereocenters. The van der Waals surface area contributed by atoms with Crippen LogP contribution in [-0.2, 0) is 16.0 Å². The maximum atomic E-state index is 12.6. The number of likely N-dealkylation sites (tertiary alicyclic amines) is 1. The van der Waals surface area contributed by atoms with Crippen LogP contribution in [0.3, 0.4) is 0 Å². The fraction of sp³-hybridized carbons (Fsp3) is 0.474. The van der Waals surface area contributed by atoms with Gasteiger partial charge in [0.15, 0.2) is 0 Å². The minimum Gasteiger partial charge on any atom is -0.358 e. The summed E-state index contributed by atoms with van der Waals surface area (Å²) in [5.74, 6) is 0.0509. The number of carbonyl (C=O) groups excluding carboxylic acids is 2. The summed E-state index contributed by atoms with van der Waals surface area (Å²) in [6.07, 6.45) is 4.66. The van der Waals surface area contributed by atoms with Crippen molar-refractivity contribution in [1.82, 2.24) is 9.88 Å². The van der Waals surface area contributed by atoms with Gasteiger partial charge in [0.25, 0.3) is 0 Å². The standard InChI is InChI=1S/C19H22N2O2/c1-12-13(14-6-4-5-9-17(14)20-12)10-11-21-18(22)15-7-2-3-8-16(15)19(21)23/h4-6,9,15-16,20H,2-3,7-8,10-11H2,1H3/t15-,16-/m0/s1. The first kappa shape index (κ1) is 14.5. The maximum absolute atomic E-state index is 12.6. The number of nitrogens with zero attached hydrogens (tertiary/aromatic N) is 1. The van der Waals surface area contributed by atoms with E-state index in [4.69, 9.17) is 0 Å². The Balaban J connectivity index is 1.55. The van der Waals surface area contributed by atoms with Gasteiger partial charge in [-0.2, -0.15) is 0 Å². The number of hydrogen-bond acceptors (Lipinski definition) is 2. The number of fused-ring (bicyclic) bond motifs is 2. The first-order valence-electron chi connectivity index (χ1n) is 8.58. The third-order valence-electron chi connectivity index (χ3n) is 5.54. The largest absolute Gasteiger partial charge is 0.358 e. The summed E-state index contributed by atoms with van der Waals surface area (Å²) in [6, 6.07) is 8.20. The summed E-state index contributed by atoms with van der Waals surface area (Å²) in [6.45, 7) is 2.57. The molecule has 2 amide bonds. The Kier molecular flexibility index (Phi) is 3.47. The molecule has 23 heavy (non-hydrogen) atoms. The van der Waals surface area contributed by atoms with E-state index in [0.29, 0.717) is 6.54 Å². The second-order valence-corrected chi connectivity index (χ2v) is 6.85. The second kappa shape index (κ2) is 5.52. The van der Waals surface area contributed by atoms with Crippen LogP contribution in [0.1, 0.15) is 36.9 Å². The number of aryl methyl sites for hydroxylation is 1. The molecule has 0 radical (unpaired) electrons. The lowest BCUT2D eigenvalue weighted by molar-refractivity contribution is -0.139. The van der Waals surface area contributed by atoms with Gasteiger partial charge in [-0.3, -0.25) is 14.5 Å². The Morgan fingerprint density at radius 1 is 1.09 bits per heavy atom. The number of H-pyrrole nitrogens is 1. The van der Waals surface area contributed by atoms with Crippen molar-refractivity contribution in [3.05, 3.63) is 35.5 Å². The number of imide groups is 1. The van der Waals surface area contributed by atoms with Crippen LogP contribution in [0.2, 0.25) is 0 Å². The molecule has 1 aromatic heterocycles. The third kappa shape index (κ3) is 2.28. The molecule has 2 aliphatic rings. The van der Waals surface area contributed by atoms with Gasteiger partial charge in [0.05, 0.1) is 11.8 Å². The number of nitrogens with one attached hydrogen (secondary N) is 1. The normalized spacial score (nSPS) is 24.5. The molecule has 4 rings (SSSR count). The zero-order valence-corrected chi connectivity index (χ0v) is 13.5. The van der Waals surface area contributed by atoms with E-state index in [-0.39, 0.29) is 23.7 Å². The predicted octanol–water partition coefficient (Wildman–Crippen LogP) is 3.19. The Hall–Kier alpha value is -2.10. The molecule has 120 valence electrons. The molecule has 2 fully saturated rings. The molecule has 4 nitrogen and oxygen atoms in total. The van der Waals surface area contributed by atoms with Crippen molar-refractivity contribution in [3.8, 4) is 0 Å². The first-order chi connectivity index (χ1) is 11.2. The van der Waals surface area contributed by atoms with E-state index in [1.165, 1.54) is 15.8 Å². The van der Waals surface area contributed by atoms with Gasteiger partial charge >= 0.3 is 0 Å². The van der Waals surface area contributed by atoms with Gasteiger partial charge in [0.1, 0.15) is 0 Å². The van der Waals surface area contributed by atoms with E-state index < -0.39 is 0 Å². The molecule has 2 atom stereocenters. The van der Waals surface area contributed by atoms with E-state index in [0.717, 1.165) is 43.3 Å². The summed E-state index contributed by atoms with van der Waals surface area (Å²) in [4.78, 5) is 30.0. The molecule has 1 aliphatic heterocycles. The number of aromatic nitrogens is 1. The third-order valence-corrected chi connectivity index (χ3v) is 5.54. The van der Waals surface area contributed by atoms with E-state index in [9.17, 15) is 9.59 Å². The molecular formula is C19H22N2O2. The highest BCUT2D eigenvalue weighted by Gasteiger charge is 2.47. The molecule has 1 saturated heterocycles. The van der Waals surface area contributed by atoms with E-state index in [1.807, 2.05) is 12.1 Å². The zero-order valence-electron chi connectivity index (χ0n) is 13.5. The number of amides is 2. The minimum absolute atomic E-state index is 0.0414. The van der Waals surface area contributed by atoms with Gasteiger partial charge in [0, 0.05) is 23.1 Å². The van der Waals surface area contributed by atoms with Gasteiger partial charge in [0.2, 0.25) is 11.8 Å². The van der Waals surface area contributed by atoms with Gasteiger partial charge in [-0.1, -0.05) is 31.0 Å². The first-order valence-corrected chi connectivity index (χ1v) is 8.58. The number of rotatable bonds is 3. The van der Waals surface area contributed by atoms with Crippen molar-refractivity contribution >= 4 is 22.7 Å². The van der Waals surface area contributed by atoms with Crippen LogP contribution in [0.25, 0.3) is 10.9 Å². The molecule has 2 heterocycles. The van der Waals surface area contributed by atoms with Crippen LogP contribution in [0.15, 0.2) is 24.3 Å². The Morgan fingerprint density at radius 3 is 2.43 bits per heavy atom. The van der Waals surface area contributed by atoms with Crippen molar-refractivity contribution in [2.75, 3.05) is 6.54 Å². The summed E-state index contributed by atoms with van der Waals surface area (Å²) in [5.41, 5.74) is 3.46. The lowest BCUT2D eigenvalue weighted by Crippen LogP contribution is -2.33. The van der Waals surface area contributed by atoms with Crippen molar-refractivity contribution in [2.24, 2.45) is 11.8 Å². The molecule has 1 aliphatic carbocycles. The van der Waals surface area contributed by atoms with Gasteiger partial charge < -0.3 is 4.98 Å². The monoisotopic (exact) mass is 310 g/mol. The Labute approximate surface area is 135 Å². The molecule has 1 aromatic carbocycles. The van der Waals surface area contributed by atoms with Crippen molar-refractivity contribution in [3.63, 3.8) is 0 Å². The zero-order chi connectivity index (χ0) is 16.0. The number of benzene rings is 1. The summed E-state index contributed by atoms with van der Waals surface area (Å²) in [7, 11) is 0. The predicted molar refractivity (Wildman–Crippen MR) is 88.9 cm³/mol. The molecule has 0 spiro atoms. The van der Waals surface area contributed by atoms with Crippen LogP contribution in [0.4, 0.5) is 0 Å². The van der Waals surface area contributed by atoms with E-state index in [2.05, 4.69) is 24.0 Å². The highest BCUT2D eigenvalue weighted by molar-refractivity contribution is 6.05. The van der Waals surface area contributed by atoms with Gasteiger partial charge in [-0.15, -0.1) is 0 Å². The highest BCUT2D eigenvalue weighted by atomic mass is 16.2. The lowest BCUT2D eigenvalue weighted by Gasteiger charge is -2.19. The van der Waals surface area contributed by atoms with Gasteiger partial charge in [-0.25, -0.2) is 0 Å². The van der Waals surface area contributed by atoms with Gasteiger partial charge in [-0.05, 0) is 37.8 Å². The summed E-state index contributed by atoms with van der Waals surface area (Å²) >= 11 is 0. The molecule has 1 N–H and O–H groups in total. The number of carbonyl (C=O) groups is 2. The summed E-state index contributed by atoms with van der Waals surface area (Å²) in [5, 5.41) is 1.20. The SMILES string of the molecule is Cc1[nH]c2ccccc2c1CCN1C(=O)[C@H]2CCCC[C@@H]2C1=O. The fourth-order valence-electron chi connectivity index (χ4n) is 4.33.